The molecule has 1 aliphatic rings. The first-order valence-corrected chi connectivity index (χ1v) is 7.55. The van der Waals surface area contributed by atoms with Crippen LogP contribution in [0.5, 0.6) is 0 Å². The van der Waals surface area contributed by atoms with Crippen LogP contribution in [-0.4, -0.2) is 71.7 Å². The van der Waals surface area contributed by atoms with Crippen LogP contribution in [0.2, 0.25) is 0 Å². The molecule has 1 heterocycles. The average molecular weight is 309 g/mol. The molecule has 1 saturated heterocycles. The van der Waals surface area contributed by atoms with Gasteiger partial charge in [0.2, 0.25) is 0 Å². The number of likely N-dealkylation sites (N-methyl/N-ethyl adjacent to an activating group) is 1. The van der Waals surface area contributed by atoms with Gasteiger partial charge in [0.1, 0.15) is 0 Å². The molecule has 1 unspecified atom stereocenters. The molecular weight excluding hydrogens is 283 g/mol. The number of hydrogen-bond donors (Lipinski definition) is 0. The van der Waals surface area contributed by atoms with Crippen molar-refractivity contribution in [3.8, 4) is 0 Å². The second-order valence-corrected chi connectivity index (χ2v) is 5.74. The lowest BCUT2D eigenvalue weighted by Crippen LogP contribution is -2.51. The van der Waals surface area contributed by atoms with Crippen molar-refractivity contribution in [3.05, 3.63) is 0 Å². The third-order valence-corrected chi connectivity index (χ3v) is 3.89. The minimum Gasteiger partial charge on any atom is -0.323 e. The van der Waals surface area contributed by atoms with Gasteiger partial charge in [0, 0.05) is 38.3 Å². The smallest absolute Gasteiger partial charge is 0.323 e. The summed E-state index contributed by atoms with van der Waals surface area (Å²) in [6.07, 6.45) is -3.57. The van der Waals surface area contributed by atoms with Crippen LogP contribution in [0.15, 0.2) is 0 Å². The third kappa shape index (κ3) is 5.05. The molecule has 0 radical (unpaired) electrons. The zero-order valence-electron chi connectivity index (χ0n) is 13.3. The van der Waals surface area contributed by atoms with Gasteiger partial charge in [-0.3, -0.25) is 4.90 Å². The minimum absolute atomic E-state index is 0.0751. The summed E-state index contributed by atoms with van der Waals surface area (Å²) in [5, 5.41) is 0. The van der Waals surface area contributed by atoms with Crippen LogP contribution in [0.3, 0.4) is 0 Å². The molecule has 0 N–H and O–H groups in total. The van der Waals surface area contributed by atoms with Crippen molar-refractivity contribution in [3.63, 3.8) is 0 Å². The molecule has 1 fully saturated rings. The predicted octanol–water partition coefficient (Wildman–Crippen LogP) is 2.80. The predicted molar refractivity (Wildman–Crippen MR) is 76.2 cm³/mol. The largest absolute Gasteiger partial charge is 0.401 e. The van der Waals surface area contributed by atoms with E-state index >= 15 is 0 Å². The zero-order chi connectivity index (χ0) is 16.2. The number of carbonyl (C=O) groups is 1. The van der Waals surface area contributed by atoms with E-state index in [1.165, 1.54) is 4.90 Å². The van der Waals surface area contributed by atoms with Gasteiger partial charge in [0.15, 0.2) is 0 Å². The van der Waals surface area contributed by atoms with Gasteiger partial charge in [-0.1, -0.05) is 0 Å². The average Bonchev–Trinajstić information content (AvgIpc) is 2.76. The van der Waals surface area contributed by atoms with Crippen molar-refractivity contribution in [2.24, 2.45) is 0 Å². The third-order valence-electron chi connectivity index (χ3n) is 3.89. The Morgan fingerprint density at radius 3 is 2.33 bits per heavy atom. The molecule has 21 heavy (non-hydrogen) atoms. The number of carbonyl (C=O) groups excluding carboxylic acids is 1. The summed E-state index contributed by atoms with van der Waals surface area (Å²) in [5.74, 6) is 0. The number of hydrogen-bond acceptors (Lipinski definition) is 2. The number of likely N-dealkylation sites (tertiary alicyclic amines) is 1. The lowest BCUT2D eigenvalue weighted by Gasteiger charge is -2.35. The van der Waals surface area contributed by atoms with Crippen LogP contribution in [0.25, 0.3) is 0 Å². The van der Waals surface area contributed by atoms with E-state index in [1.54, 1.807) is 9.80 Å². The van der Waals surface area contributed by atoms with Crippen molar-refractivity contribution in [2.45, 2.75) is 52.4 Å². The Hall–Kier alpha value is -0.980. The Labute approximate surface area is 124 Å². The quantitative estimate of drug-likeness (QED) is 0.781. The Kier molecular flexibility index (Phi) is 6.31. The van der Waals surface area contributed by atoms with Crippen LogP contribution in [0.4, 0.5) is 18.0 Å². The topological polar surface area (TPSA) is 26.8 Å². The molecule has 1 atom stereocenters. The summed E-state index contributed by atoms with van der Waals surface area (Å²) in [4.78, 5) is 17.4. The first kappa shape index (κ1) is 18.1. The summed E-state index contributed by atoms with van der Waals surface area (Å²) >= 11 is 0. The van der Waals surface area contributed by atoms with Crippen molar-refractivity contribution in [1.29, 1.82) is 0 Å². The van der Waals surface area contributed by atoms with E-state index in [2.05, 4.69) is 0 Å². The summed E-state index contributed by atoms with van der Waals surface area (Å²) in [7, 11) is 0. The van der Waals surface area contributed by atoms with Crippen LogP contribution in [0, 0.1) is 0 Å². The molecule has 1 aliphatic heterocycles. The molecule has 4 nitrogen and oxygen atoms in total. The first-order valence-electron chi connectivity index (χ1n) is 7.55. The van der Waals surface area contributed by atoms with Crippen molar-refractivity contribution in [1.82, 2.24) is 14.7 Å². The number of nitrogens with zero attached hydrogens (tertiary/aromatic N) is 3. The fraction of sp³-hybridized carbons (Fsp3) is 0.929. The number of rotatable bonds is 5. The lowest BCUT2D eigenvalue weighted by molar-refractivity contribution is -0.143. The number of halogens is 3. The molecule has 0 spiro atoms. The van der Waals surface area contributed by atoms with Crippen molar-refractivity contribution >= 4 is 6.03 Å². The van der Waals surface area contributed by atoms with Crippen LogP contribution < -0.4 is 0 Å². The van der Waals surface area contributed by atoms with E-state index in [0.717, 1.165) is 0 Å². The second kappa shape index (κ2) is 7.33. The molecule has 2 amide bonds. The van der Waals surface area contributed by atoms with E-state index in [4.69, 9.17) is 0 Å². The minimum atomic E-state index is -4.18. The number of alkyl halides is 3. The highest BCUT2D eigenvalue weighted by molar-refractivity contribution is 5.75. The van der Waals surface area contributed by atoms with Gasteiger partial charge in [-0.25, -0.2) is 4.79 Å². The Morgan fingerprint density at radius 2 is 1.90 bits per heavy atom. The van der Waals surface area contributed by atoms with Gasteiger partial charge in [0.05, 0.1) is 6.54 Å². The first-order chi connectivity index (χ1) is 9.69. The standard InChI is InChI=1S/C14H26F3N3O/c1-5-19(11(3)4)13(21)20(6-2)12-7-8-18(9-12)10-14(15,16)17/h11-12H,5-10H2,1-4H3. The SMILES string of the molecule is CCN(C(=O)N(CC)C1CCN(CC(F)(F)F)C1)C(C)C. The molecule has 0 aromatic heterocycles. The Balaban J connectivity index is 2.67. The molecular formula is C14H26F3N3O. The van der Waals surface area contributed by atoms with E-state index in [-0.39, 0.29) is 18.1 Å². The highest BCUT2D eigenvalue weighted by Gasteiger charge is 2.37. The maximum Gasteiger partial charge on any atom is 0.401 e. The second-order valence-electron chi connectivity index (χ2n) is 5.74. The van der Waals surface area contributed by atoms with Crippen molar-refractivity contribution in [2.75, 3.05) is 32.7 Å². The number of amides is 2. The molecule has 124 valence electrons. The molecule has 1 rings (SSSR count). The Morgan fingerprint density at radius 1 is 1.29 bits per heavy atom. The van der Waals surface area contributed by atoms with Gasteiger partial charge in [-0.05, 0) is 34.1 Å². The van der Waals surface area contributed by atoms with Gasteiger partial charge >= 0.3 is 12.2 Å². The maximum absolute atomic E-state index is 12.5. The van der Waals surface area contributed by atoms with Gasteiger partial charge < -0.3 is 9.80 Å². The fourth-order valence-corrected chi connectivity index (χ4v) is 2.90. The molecule has 0 bridgehead atoms. The molecule has 0 aliphatic carbocycles. The Bertz CT molecular complexity index is 347. The van der Waals surface area contributed by atoms with Gasteiger partial charge in [0.25, 0.3) is 0 Å². The fourth-order valence-electron chi connectivity index (χ4n) is 2.90. The van der Waals surface area contributed by atoms with Crippen molar-refractivity contribution < 1.29 is 18.0 Å². The van der Waals surface area contributed by atoms with E-state index in [1.807, 2.05) is 27.7 Å². The highest BCUT2D eigenvalue weighted by atomic mass is 19.4. The van der Waals surface area contributed by atoms with Crippen LogP contribution >= 0.6 is 0 Å². The molecule has 0 aromatic rings. The summed E-state index contributed by atoms with van der Waals surface area (Å²) in [5.41, 5.74) is 0. The highest BCUT2D eigenvalue weighted by Crippen LogP contribution is 2.23. The summed E-state index contributed by atoms with van der Waals surface area (Å²) in [6, 6.07) is -0.115. The monoisotopic (exact) mass is 309 g/mol. The maximum atomic E-state index is 12.5. The molecule has 0 saturated carbocycles. The van der Waals surface area contributed by atoms with E-state index in [9.17, 15) is 18.0 Å². The van der Waals surface area contributed by atoms with Crippen LogP contribution in [-0.2, 0) is 0 Å². The van der Waals surface area contributed by atoms with Gasteiger partial charge in [-0.15, -0.1) is 0 Å². The summed E-state index contributed by atoms with van der Waals surface area (Å²) in [6.45, 7) is 8.60. The molecule has 0 aromatic carbocycles. The normalized spacial score (nSPS) is 20.1. The zero-order valence-corrected chi connectivity index (χ0v) is 13.3. The van der Waals surface area contributed by atoms with Crippen LogP contribution in [0.1, 0.15) is 34.1 Å². The molecule has 7 heteroatoms. The van der Waals surface area contributed by atoms with Gasteiger partial charge in [-0.2, -0.15) is 13.2 Å². The number of urea groups is 1. The summed E-state index contributed by atoms with van der Waals surface area (Å²) < 4.78 is 37.3. The van der Waals surface area contributed by atoms with E-state index < -0.39 is 12.7 Å². The lowest BCUT2D eigenvalue weighted by atomic mass is 10.2. The van der Waals surface area contributed by atoms with E-state index in [0.29, 0.717) is 32.6 Å².